The lowest BCUT2D eigenvalue weighted by Crippen LogP contribution is -2.06. The Morgan fingerprint density at radius 2 is 1.90 bits per heavy atom. The first-order valence-electron chi connectivity index (χ1n) is 5.85. The van der Waals surface area contributed by atoms with Gasteiger partial charge < -0.3 is 9.47 Å². The summed E-state index contributed by atoms with van der Waals surface area (Å²) in [4.78, 5) is 11.7. The fourth-order valence-corrected chi connectivity index (χ4v) is 2.13. The molecule has 2 rings (SSSR count). The van der Waals surface area contributed by atoms with Gasteiger partial charge in [0, 0.05) is 9.50 Å². The number of carbonyl (C=O) groups excluding carboxylic acids is 1. The van der Waals surface area contributed by atoms with Gasteiger partial charge in [-0.15, -0.1) is 0 Å². The van der Waals surface area contributed by atoms with E-state index in [1.807, 2.05) is 18.2 Å². The van der Waals surface area contributed by atoms with Gasteiger partial charge in [-0.1, -0.05) is 39.7 Å². The molecule has 0 bridgehead atoms. The van der Waals surface area contributed by atoms with Gasteiger partial charge in [0.25, 0.3) is 0 Å². The van der Waals surface area contributed by atoms with Crippen molar-refractivity contribution in [3.05, 3.63) is 63.1 Å². The molecule has 0 heterocycles. The molecule has 0 fully saturated rings. The molecule has 5 heteroatoms. The van der Waals surface area contributed by atoms with Crippen molar-refractivity contribution in [2.75, 3.05) is 7.11 Å². The Labute approximate surface area is 130 Å². The molecule has 0 amide bonds. The van der Waals surface area contributed by atoms with Crippen LogP contribution >= 0.6 is 27.5 Å². The lowest BCUT2D eigenvalue weighted by molar-refractivity contribution is 0.0595. The molecule has 0 radical (unpaired) electrons. The summed E-state index contributed by atoms with van der Waals surface area (Å²) in [5, 5.41) is 0.674. The van der Waals surface area contributed by atoms with Gasteiger partial charge in [-0.3, -0.25) is 0 Å². The fourth-order valence-electron chi connectivity index (χ4n) is 1.64. The molecule has 2 aromatic rings. The molecular formula is C15H12BrClO3. The Balaban J connectivity index is 2.16. The van der Waals surface area contributed by atoms with Crippen molar-refractivity contribution >= 4 is 33.5 Å². The third kappa shape index (κ3) is 3.74. The van der Waals surface area contributed by atoms with Crippen LogP contribution in [-0.4, -0.2) is 13.1 Å². The number of hydrogen-bond acceptors (Lipinski definition) is 3. The predicted molar refractivity (Wildman–Crippen MR) is 81.3 cm³/mol. The minimum atomic E-state index is -0.433. The van der Waals surface area contributed by atoms with Crippen LogP contribution in [0.5, 0.6) is 5.75 Å². The zero-order valence-corrected chi connectivity index (χ0v) is 13.1. The molecule has 0 aliphatic carbocycles. The average Bonchev–Trinajstić information content (AvgIpc) is 2.46. The van der Waals surface area contributed by atoms with Gasteiger partial charge in [0.15, 0.2) is 0 Å². The molecule has 0 atom stereocenters. The van der Waals surface area contributed by atoms with E-state index >= 15 is 0 Å². The van der Waals surface area contributed by atoms with Crippen LogP contribution in [0.2, 0.25) is 5.02 Å². The highest BCUT2D eigenvalue weighted by Crippen LogP contribution is 2.25. The van der Waals surface area contributed by atoms with Crippen LogP contribution in [0.1, 0.15) is 15.9 Å². The van der Waals surface area contributed by atoms with Crippen molar-refractivity contribution in [3.63, 3.8) is 0 Å². The summed E-state index contributed by atoms with van der Waals surface area (Å²) >= 11 is 9.14. The maximum absolute atomic E-state index is 11.7. The monoisotopic (exact) mass is 354 g/mol. The van der Waals surface area contributed by atoms with Gasteiger partial charge in [-0.05, 0) is 35.9 Å². The van der Waals surface area contributed by atoms with E-state index in [0.29, 0.717) is 22.9 Å². The summed E-state index contributed by atoms with van der Waals surface area (Å²) < 4.78 is 11.2. The zero-order chi connectivity index (χ0) is 14.5. The summed E-state index contributed by atoms with van der Waals surface area (Å²) in [6.07, 6.45) is 0. The molecule has 0 aliphatic heterocycles. The number of methoxy groups -OCH3 is 1. The molecule has 0 spiro atoms. The lowest BCUT2D eigenvalue weighted by atomic mass is 10.2. The van der Waals surface area contributed by atoms with E-state index < -0.39 is 5.97 Å². The molecule has 104 valence electrons. The van der Waals surface area contributed by atoms with Gasteiger partial charge in [0.05, 0.1) is 7.11 Å². The Morgan fingerprint density at radius 3 is 2.55 bits per heavy atom. The second-order valence-corrected chi connectivity index (χ2v) is 5.40. The Bertz CT molecular complexity index is 611. The first-order chi connectivity index (χ1) is 9.60. The molecule has 3 nitrogen and oxygen atoms in total. The summed E-state index contributed by atoms with van der Waals surface area (Å²) in [6, 6.07) is 12.5. The van der Waals surface area contributed by atoms with Crippen LogP contribution < -0.4 is 4.74 Å². The van der Waals surface area contributed by atoms with Crippen LogP contribution in [0, 0.1) is 0 Å². The van der Waals surface area contributed by atoms with Gasteiger partial charge in [0.1, 0.15) is 17.9 Å². The second-order valence-electron chi connectivity index (χ2n) is 4.05. The lowest BCUT2D eigenvalue weighted by Gasteiger charge is -2.11. The minimum absolute atomic E-state index is 0.350. The van der Waals surface area contributed by atoms with E-state index in [-0.39, 0.29) is 0 Å². The smallest absolute Gasteiger partial charge is 0.341 e. The van der Waals surface area contributed by atoms with Gasteiger partial charge in [-0.2, -0.15) is 0 Å². The predicted octanol–water partition coefficient (Wildman–Crippen LogP) is 4.47. The zero-order valence-electron chi connectivity index (χ0n) is 10.7. The van der Waals surface area contributed by atoms with Crippen LogP contribution in [0.25, 0.3) is 0 Å². The van der Waals surface area contributed by atoms with Crippen LogP contribution in [-0.2, 0) is 11.3 Å². The summed E-state index contributed by atoms with van der Waals surface area (Å²) in [5.41, 5.74) is 1.35. The molecule has 0 saturated carbocycles. The molecule has 20 heavy (non-hydrogen) atoms. The summed E-state index contributed by atoms with van der Waals surface area (Å²) in [6.45, 7) is 0.350. The van der Waals surface area contributed by atoms with Crippen molar-refractivity contribution in [1.29, 1.82) is 0 Å². The number of carbonyl (C=O) groups is 1. The Kier molecular flexibility index (Phi) is 5.04. The van der Waals surface area contributed by atoms with Crippen molar-refractivity contribution in [2.24, 2.45) is 0 Å². The molecule has 0 N–H and O–H groups in total. The standard InChI is InChI=1S/C15H12BrClO3/c1-19-15(18)13-8-11(16)4-7-14(13)20-9-10-2-5-12(17)6-3-10/h2-8H,9H2,1H3. The molecule has 0 aliphatic rings. The highest BCUT2D eigenvalue weighted by atomic mass is 79.9. The van der Waals surface area contributed by atoms with E-state index in [1.54, 1.807) is 24.3 Å². The van der Waals surface area contributed by atoms with Crippen molar-refractivity contribution in [3.8, 4) is 5.75 Å². The largest absolute Gasteiger partial charge is 0.488 e. The van der Waals surface area contributed by atoms with Crippen molar-refractivity contribution < 1.29 is 14.3 Å². The number of halogens is 2. The number of esters is 1. The fraction of sp³-hybridized carbons (Fsp3) is 0.133. The highest BCUT2D eigenvalue weighted by Gasteiger charge is 2.13. The van der Waals surface area contributed by atoms with E-state index in [0.717, 1.165) is 10.0 Å². The van der Waals surface area contributed by atoms with Gasteiger partial charge in [0.2, 0.25) is 0 Å². The minimum Gasteiger partial charge on any atom is -0.488 e. The third-order valence-electron chi connectivity index (χ3n) is 2.65. The van der Waals surface area contributed by atoms with E-state index in [1.165, 1.54) is 7.11 Å². The average molecular weight is 356 g/mol. The summed E-state index contributed by atoms with van der Waals surface area (Å²) in [5.74, 6) is 0.0485. The highest BCUT2D eigenvalue weighted by molar-refractivity contribution is 9.10. The maximum atomic E-state index is 11.7. The topological polar surface area (TPSA) is 35.5 Å². The Morgan fingerprint density at radius 1 is 1.20 bits per heavy atom. The quantitative estimate of drug-likeness (QED) is 0.759. The van der Waals surface area contributed by atoms with Gasteiger partial charge in [-0.25, -0.2) is 4.79 Å². The normalized spacial score (nSPS) is 10.2. The third-order valence-corrected chi connectivity index (χ3v) is 3.40. The summed E-state index contributed by atoms with van der Waals surface area (Å²) in [7, 11) is 1.34. The number of rotatable bonds is 4. The maximum Gasteiger partial charge on any atom is 0.341 e. The molecular weight excluding hydrogens is 344 g/mol. The second kappa shape index (κ2) is 6.77. The van der Waals surface area contributed by atoms with Crippen LogP contribution in [0.3, 0.4) is 0 Å². The first kappa shape index (κ1) is 14.9. The van der Waals surface area contributed by atoms with Gasteiger partial charge >= 0.3 is 5.97 Å². The van der Waals surface area contributed by atoms with E-state index in [2.05, 4.69) is 15.9 Å². The molecule has 0 unspecified atom stereocenters. The van der Waals surface area contributed by atoms with Crippen molar-refractivity contribution in [2.45, 2.75) is 6.61 Å². The molecule has 0 saturated heterocycles. The first-order valence-corrected chi connectivity index (χ1v) is 7.02. The van der Waals surface area contributed by atoms with Crippen molar-refractivity contribution in [1.82, 2.24) is 0 Å². The molecule has 0 aromatic heterocycles. The number of benzene rings is 2. The van der Waals surface area contributed by atoms with Crippen LogP contribution in [0.15, 0.2) is 46.9 Å². The number of hydrogen-bond donors (Lipinski definition) is 0. The number of ether oxygens (including phenoxy) is 2. The molecule has 2 aromatic carbocycles. The van der Waals surface area contributed by atoms with E-state index in [9.17, 15) is 4.79 Å². The van der Waals surface area contributed by atoms with E-state index in [4.69, 9.17) is 21.1 Å². The Hall–Kier alpha value is -1.52. The SMILES string of the molecule is COC(=O)c1cc(Br)ccc1OCc1ccc(Cl)cc1. The van der Waals surface area contributed by atoms with Crippen LogP contribution in [0.4, 0.5) is 0 Å².